The van der Waals surface area contributed by atoms with Gasteiger partial charge < -0.3 is 0 Å². The minimum Gasteiger partial charge on any atom is -0.293 e. The fourth-order valence-corrected chi connectivity index (χ4v) is 2.65. The zero-order chi connectivity index (χ0) is 10.7. The molecule has 1 heterocycles. The van der Waals surface area contributed by atoms with E-state index in [1.807, 2.05) is 30.3 Å². The predicted molar refractivity (Wildman–Crippen MR) is 66.7 cm³/mol. The van der Waals surface area contributed by atoms with Gasteiger partial charge in [0, 0.05) is 12.2 Å². The monoisotopic (exact) mass is 237 g/mol. The molecule has 78 valence electrons. The second-order valence-corrected chi connectivity index (χ2v) is 5.06. The van der Waals surface area contributed by atoms with Gasteiger partial charge >= 0.3 is 0 Å². The van der Waals surface area contributed by atoms with Gasteiger partial charge in [-0.25, -0.2) is 0 Å². The molecule has 0 atom stereocenters. The maximum atomic E-state index is 11.6. The summed E-state index contributed by atoms with van der Waals surface area (Å²) >= 11 is 6.76. The molecule has 0 aliphatic carbocycles. The first-order valence-electron chi connectivity index (χ1n) is 4.78. The van der Waals surface area contributed by atoms with Crippen molar-refractivity contribution < 1.29 is 4.79 Å². The minimum atomic E-state index is 0.141. The van der Waals surface area contributed by atoms with Crippen molar-refractivity contribution in [1.82, 2.24) is 4.90 Å². The van der Waals surface area contributed by atoms with E-state index in [9.17, 15) is 4.79 Å². The molecule has 2 rings (SSSR count). The van der Waals surface area contributed by atoms with E-state index in [4.69, 9.17) is 12.2 Å². The lowest BCUT2D eigenvalue weighted by atomic mass is 10.2. The highest BCUT2D eigenvalue weighted by molar-refractivity contribution is 8.23. The van der Waals surface area contributed by atoms with Crippen LogP contribution in [0.15, 0.2) is 30.3 Å². The van der Waals surface area contributed by atoms with E-state index in [0.29, 0.717) is 17.3 Å². The van der Waals surface area contributed by atoms with Crippen LogP contribution in [0.3, 0.4) is 0 Å². The average molecular weight is 237 g/mol. The molecule has 1 aliphatic heterocycles. The third-order valence-electron chi connectivity index (χ3n) is 2.25. The van der Waals surface area contributed by atoms with Crippen LogP contribution in [0.5, 0.6) is 0 Å². The van der Waals surface area contributed by atoms with E-state index >= 15 is 0 Å². The number of carbonyl (C=O) groups is 1. The van der Waals surface area contributed by atoms with E-state index in [2.05, 4.69) is 0 Å². The summed E-state index contributed by atoms with van der Waals surface area (Å²) in [6.07, 6.45) is 0.595. The fourth-order valence-electron chi connectivity index (χ4n) is 1.46. The van der Waals surface area contributed by atoms with Crippen molar-refractivity contribution in [1.29, 1.82) is 0 Å². The normalized spacial score (nSPS) is 16.9. The first-order chi connectivity index (χ1) is 7.27. The second kappa shape index (κ2) is 4.77. The van der Waals surface area contributed by atoms with E-state index in [1.165, 1.54) is 0 Å². The van der Waals surface area contributed by atoms with Gasteiger partial charge in [0.05, 0.1) is 6.54 Å². The molecular weight excluding hydrogens is 226 g/mol. The number of amides is 1. The molecular formula is C11H11NOS2. The maximum Gasteiger partial charge on any atom is 0.229 e. The molecule has 1 aromatic carbocycles. The van der Waals surface area contributed by atoms with Gasteiger partial charge in [0.15, 0.2) is 0 Å². The minimum absolute atomic E-state index is 0.141. The highest BCUT2D eigenvalue weighted by Gasteiger charge is 2.23. The average Bonchev–Trinajstić information content (AvgIpc) is 2.25. The Morgan fingerprint density at radius 2 is 2.07 bits per heavy atom. The van der Waals surface area contributed by atoms with E-state index < -0.39 is 0 Å². The van der Waals surface area contributed by atoms with Gasteiger partial charge in [-0.15, -0.1) is 0 Å². The molecule has 1 fully saturated rings. The number of thiocarbonyl (C=S) groups is 1. The van der Waals surface area contributed by atoms with Crippen molar-refractivity contribution in [3.05, 3.63) is 35.9 Å². The van der Waals surface area contributed by atoms with Crippen molar-refractivity contribution >= 4 is 34.2 Å². The predicted octanol–water partition coefficient (Wildman–Crippen LogP) is 2.44. The van der Waals surface area contributed by atoms with Crippen molar-refractivity contribution in [2.24, 2.45) is 0 Å². The lowest BCUT2D eigenvalue weighted by molar-refractivity contribution is -0.127. The largest absolute Gasteiger partial charge is 0.293 e. The van der Waals surface area contributed by atoms with Crippen LogP contribution in [0, 0.1) is 0 Å². The molecule has 0 radical (unpaired) electrons. The van der Waals surface area contributed by atoms with Gasteiger partial charge in [-0.2, -0.15) is 0 Å². The zero-order valence-electron chi connectivity index (χ0n) is 8.18. The first-order valence-corrected chi connectivity index (χ1v) is 6.18. The van der Waals surface area contributed by atoms with Crippen LogP contribution >= 0.6 is 24.0 Å². The number of hydrogen-bond acceptors (Lipinski definition) is 3. The van der Waals surface area contributed by atoms with Crippen molar-refractivity contribution in [3.63, 3.8) is 0 Å². The standard InChI is InChI=1S/C11H11NOS2/c13-10-6-7-15-11(14)12(10)8-9-4-2-1-3-5-9/h1-5H,6-8H2. The SMILES string of the molecule is O=C1CCSC(=S)N1Cc1ccccc1. The lowest BCUT2D eigenvalue weighted by Crippen LogP contribution is -2.37. The molecule has 0 bridgehead atoms. The first kappa shape index (κ1) is 10.6. The Hall–Kier alpha value is -0.870. The van der Waals surface area contributed by atoms with Gasteiger partial charge in [-0.1, -0.05) is 54.3 Å². The molecule has 2 nitrogen and oxygen atoms in total. The highest BCUT2D eigenvalue weighted by Crippen LogP contribution is 2.20. The number of thioether (sulfide) groups is 1. The molecule has 1 aromatic rings. The number of nitrogens with zero attached hydrogens (tertiary/aromatic N) is 1. The van der Waals surface area contributed by atoms with Gasteiger partial charge in [-0.3, -0.25) is 9.69 Å². The van der Waals surface area contributed by atoms with Crippen molar-refractivity contribution in [3.8, 4) is 0 Å². The van der Waals surface area contributed by atoms with Crippen LogP contribution in [0.4, 0.5) is 0 Å². The Bertz CT molecular complexity index is 361. The van der Waals surface area contributed by atoms with Crippen LogP contribution in [0.2, 0.25) is 0 Å². The Balaban J connectivity index is 2.10. The van der Waals surface area contributed by atoms with E-state index in [1.54, 1.807) is 16.7 Å². The molecule has 0 aromatic heterocycles. The molecule has 1 saturated heterocycles. The summed E-state index contributed by atoms with van der Waals surface area (Å²) in [5.74, 6) is 0.964. The summed E-state index contributed by atoms with van der Waals surface area (Å²) in [4.78, 5) is 13.3. The van der Waals surface area contributed by atoms with Gasteiger partial charge in [0.1, 0.15) is 4.32 Å². The Morgan fingerprint density at radius 3 is 2.73 bits per heavy atom. The Labute approximate surface area is 98.7 Å². The number of benzene rings is 1. The Kier molecular flexibility index (Phi) is 3.38. The smallest absolute Gasteiger partial charge is 0.229 e. The molecule has 1 aliphatic rings. The zero-order valence-corrected chi connectivity index (χ0v) is 9.81. The number of carbonyl (C=O) groups excluding carboxylic acids is 1. The maximum absolute atomic E-state index is 11.6. The molecule has 0 spiro atoms. The third-order valence-corrected chi connectivity index (χ3v) is 3.70. The summed E-state index contributed by atoms with van der Waals surface area (Å²) in [6, 6.07) is 9.93. The fraction of sp³-hybridized carbons (Fsp3) is 0.273. The van der Waals surface area contributed by atoms with E-state index in [0.717, 1.165) is 11.3 Å². The second-order valence-electron chi connectivity index (χ2n) is 3.33. The summed E-state index contributed by atoms with van der Waals surface area (Å²) in [6.45, 7) is 0.603. The van der Waals surface area contributed by atoms with Crippen LogP contribution in [-0.4, -0.2) is 20.9 Å². The van der Waals surface area contributed by atoms with Gasteiger partial charge in [-0.05, 0) is 5.56 Å². The van der Waals surface area contributed by atoms with Crippen LogP contribution in [-0.2, 0) is 11.3 Å². The number of hydrogen-bond donors (Lipinski definition) is 0. The topological polar surface area (TPSA) is 20.3 Å². The summed E-state index contributed by atoms with van der Waals surface area (Å²) in [5, 5.41) is 0. The quantitative estimate of drug-likeness (QED) is 0.737. The molecule has 1 amide bonds. The van der Waals surface area contributed by atoms with Gasteiger partial charge in [0.25, 0.3) is 0 Å². The third kappa shape index (κ3) is 2.58. The van der Waals surface area contributed by atoms with E-state index in [-0.39, 0.29) is 5.91 Å². The number of rotatable bonds is 2. The summed E-state index contributed by atoms with van der Waals surface area (Å²) in [7, 11) is 0. The molecule has 0 unspecified atom stereocenters. The Morgan fingerprint density at radius 1 is 1.33 bits per heavy atom. The van der Waals surface area contributed by atoms with Crippen LogP contribution in [0.25, 0.3) is 0 Å². The van der Waals surface area contributed by atoms with Gasteiger partial charge in [0.2, 0.25) is 5.91 Å². The summed E-state index contributed by atoms with van der Waals surface area (Å²) < 4.78 is 0.704. The lowest BCUT2D eigenvalue weighted by Gasteiger charge is -2.26. The summed E-state index contributed by atoms with van der Waals surface area (Å²) in [5.41, 5.74) is 1.12. The molecule has 0 saturated carbocycles. The molecule has 0 N–H and O–H groups in total. The molecule has 4 heteroatoms. The van der Waals surface area contributed by atoms with Crippen LogP contribution in [0.1, 0.15) is 12.0 Å². The van der Waals surface area contributed by atoms with Crippen LogP contribution < -0.4 is 0 Å². The molecule has 15 heavy (non-hydrogen) atoms. The highest BCUT2D eigenvalue weighted by atomic mass is 32.2. The van der Waals surface area contributed by atoms with Crippen molar-refractivity contribution in [2.75, 3.05) is 5.75 Å². The van der Waals surface area contributed by atoms with Crippen molar-refractivity contribution in [2.45, 2.75) is 13.0 Å².